The number of cyclic esters (lactones) is 1. The van der Waals surface area contributed by atoms with Crippen LogP contribution in [-0.2, 0) is 14.3 Å². The molecule has 1 aliphatic heterocycles. The molecule has 1 fully saturated rings. The Balaban J connectivity index is 2.06. The van der Waals surface area contributed by atoms with E-state index in [0.29, 0.717) is 56.1 Å². The quantitative estimate of drug-likeness (QED) is 0.195. The second-order valence-electron chi connectivity index (χ2n) is 7.62. The van der Waals surface area contributed by atoms with Gasteiger partial charge in [-0.15, -0.1) is 0 Å². The van der Waals surface area contributed by atoms with Crippen molar-refractivity contribution in [3.8, 4) is 11.5 Å². The number of ether oxygens (including phenoxy) is 4. The van der Waals surface area contributed by atoms with Gasteiger partial charge in [0, 0.05) is 38.5 Å². The third kappa shape index (κ3) is 5.95. The molecule has 1 aromatic rings. The van der Waals surface area contributed by atoms with Crippen LogP contribution in [0.1, 0.15) is 49.9 Å². The van der Waals surface area contributed by atoms with Crippen molar-refractivity contribution in [2.24, 2.45) is 11.8 Å². The Bertz CT molecular complexity index is 705. The fraction of sp³-hybridized carbons (Fsp3) is 0.636. The van der Waals surface area contributed by atoms with Gasteiger partial charge in [0.05, 0.1) is 20.3 Å². The minimum Gasteiger partial charge on any atom is -0.493 e. The lowest BCUT2D eigenvalue weighted by atomic mass is 9.78. The molecule has 2 rings (SSSR count). The van der Waals surface area contributed by atoms with Crippen LogP contribution in [0.3, 0.4) is 0 Å². The number of Topliss-reactive ketones (excluding diaryl/α,β-unsaturated/α-hetero) is 1. The summed E-state index contributed by atoms with van der Waals surface area (Å²) in [6.45, 7) is 5.65. The van der Waals surface area contributed by atoms with Crippen molar-refractivity contribution in [1.82, 2.24) is 0 Å². The highest BCUT2D eigenvalue weighted by atomic mass is 79.9. The van der Waals surface area contributed by atoms with Crippen molar-refractivity contribution >= 4 is 27.7 Å². The summed E-state index contributed by atoms with van der Waals surface area (Å²) in [6, 6.07) is 5.23. The topological polar surface area (TPSA) is 71.1 Å². The lowest BCUT2D eigenvalue weighted by molar-refractivity contribution is -0.141. The molecule has 0 radical (unpaired) electrons. The van der Waals surface area contributed by atoms with Crippen LogP contribution in [0.5, 0.6) is 11.5 Å². The van der Waals surface area contributed by atoms with Crippen molar-refractivity contribution in [3.63, 3.8) is 0 Å². The van der Waals surface area contributed by atoms with E-state index < -0.39 is 4.32 Å². The van der Waals surface area contributed by atoms with Gasteiger partial charge < -0.3 is 18.9 Å². The number of ketones is 1. The summed E-state index contributed by atoms with van der Waals surface area (Å²) in [5.41, 5.74) is 0.577. The number of esters is 1. The van der Waals surface area contributed by atoms with Crippen LogP contribution in [-0.4, -0.2) is 50.1 Å². The minimum atomic E-state index is -0.697. The number of hydrogen-bond donors (Lipinski definition) is 0. The van der Waals surface area contributed by atoms with E-state index in [2.05, 4.69) is 29.8 Å². The molecule has 0 aromatic heterocycles. The number of hydrogen-bond acceptors (Lipinski definition) is 6. The van der Waals surface area contributed by atoms with E-state index >= 15 is 0 Å². The first kappa shape index (κ1) is 23.7. The van der Waals surface area contributed by atoms with E-state index in [9.17, 15) is 9.59 Å². The van der Waals surface area contributed by atoms with Crippen LogP contribution in [0.2, 0.25) is 0 Å². The molecule has 162 valence electrons. The zero-order valence-electron chi connectivity index (χ0n) is 17.7. The summed E-state index contributed by atoms with van der Waals surface area (Å²) >= 11 is 3.62. The van der Waals surface area contributed by atoms with E-state index in [1.54, 1.807) is 32.4 Å². The molecule has 6 nitrogen and oxygen atoms in total. The lowest BCUT2D eigenvalue weighted by Crippen LogP contribution is -2.39. The summed E-state index contributed by atoms with van der Waals surface area (Å²) in [5, 5.41) is 0. The monoisotopic (exact) mass is 470 g/mol. The summed E-state index contributed by atoms with van der Waals surface area (Å²) in [7, 11) is 3.22. The molecule has 0 amide bonds. The van der Waals surface area contributed by atoms with Gasteiger partial charge in [-0.3, -0.25) is 9.59 Å². The Morgan fingerprint density at radius 1 is 1.24 bits per heavy atom. The number of halogens is 1. The molecule has 0 spiro atoms. The first-order valence-electron chi connectivity index (χ1n) is 10.0. The van der Waals surface area contributed by atoms with Crippen LogP contribution in [0.15, 0.2) is 18.2 Å². The number of benzene rings is 1. The third-order valence-corrected chi connectivity index (χ3v) is 6.66. The van der Waals surface area contributed by atoms with E-state index in [4.69, 9.17) is 18.9 Å². The van der Waals surface area contributed by atoms with E-state index in [0.717, 1.165) is 6.42 Å². The van der Waals surface area contributed by atoms with Gasteiger partial charge in [-0.2, -0.15) is 0 Å². The zero-order valence-corrected chi connectivity index (χ0v) is 19.2. The fourth-order valence-electron chi connectivity index (χ4n) is 3.72. The maximum atomic E-state index is 12.9. The average molecular weight is 471 g/mol. The summed E-state index contributed by atoms with van der Waals surface area (Å²) in [6.07, 6.45) is 2.33. The van der Waals surface area contributed by atoms with Gasteiger partial charge >= 0.3 is 5.97 Å². The molecule has 1 aliphatic rings. The van der Waals surface area contributed by atoms with Gasteiger partial charge in [0.25, 0.3) is 0 Å². The lowest BCUT2D eigenvalue weighted by Gasteiger charge is -2.31. The molecule has 0 bridgehead atoms. The molecular weight excluding hydrogens is 440 g/mol. The van der Waals surface area contributed by atoms with Gasteiger partial charge in [-0.05, 0) is 36.5 Å². The highest BCUT2D eigenvalue weighted by Crippen LogP contribution is 2.43. The maximum absolute atomic E-state index is 12.9. The Hall–Kier alpha value is -1.60. The predicted molar refractivity (Wildman–Crippen MR) is 114 cm³/mol. The molecule has 1 saturated heterocycles. The highest BCUT2D eigenvalue weighted by Gasteiger charge is 2.49. The number of carbonyl (C=O) groups excluding carboxylic acids is 2. The van der Waals surface area contributed by atoms with Crippen molar-refractivity contribution in [3.05, 3.63) is 23.8 Å². The Kier molecular flexibility index (Phi) is 8.96. The van der Waals surface area contributed by atoms with Gasteiger partial charge in [0.2, 0.25) is 0 Å². The number of rotatable bonds is 12. The molecule has 0 N–H and O–H groups in total. The Morgan fingerprint density at radius 3 is 2.59 bits per heavy atom. The smallest absolute Gasteiger partial charge is 0.323 e. The summed E-state index contributed by atoms with van der Waals surface area (Å²) in [4.78, 5) is 25.1. The van der Waals surface area contributed by atoms with E-state index in [1.807, 2.05) is 0 Å². The molecular formula is C22H31BrO6. The molecule has 2 atom stereocenters. The minimum absolute atomic E-state index is 0.0162. The predicted octanol–water partition coefficient (Wildman–Crippen LogP) is 4.43. The third-order valence-electron chi connectivity index (χ3n) is 5.35. The van der Waals surface area contributed by atoms with Gasteiger partial charge in [0.1, 0.15) is 4.32 Å². The normalized spacial score (nSPS) is 19.9. The SMILES string of the molecule is COCCCOc1cc(C(=O)CC[C@@H](C(C)C)[C@]2(Br)CCOC2=O)ccc1OC. The van der Waals surface area contributed by atoms with Crippen LogP contribution in [0, 0.1) is 11.8 Å². The van der Waals surface area contributed by atoms with Crippen molar-refractivity contribution in [1.29, 1.82) is 0 Å². The highest BCUT2D eigenvalue weighted by molar-refractivity contribution is 9.10. The first-order valence-corrected chi connectivity index (χ1v) is 10.8. The van der Waals surface area contributed by atoms with Crippen LogP contribution in [0.25, 0.3) is 0 Å². The van der Waals surface area contributed by atoms with E-state index in [-0.39, 0.29) is 23.6 Å². The van der Waals surface area contributed by atoms with Crippen molar-refractivity contribution < 1.29 is 28.5 Å². The van der Waals surface area contributed by atoms with Crippen LogP contribution >= 0.6 is 15.9 Å². The first-order chi connectivity index (χ1) is 13.8. The van der Waals surface area contributed by atoms with Crippen LogP contribution in [0.4, 0.5) is 0 Å². The molecule has 1 aromatic carbocycles. The molecule has 0 saturated carbocycles. The Labute approximate surface area is 181 Å². The molecule has 1 heterocycles. The van der Waals surface area contributed by atoms with E-state index in [1.165, 1.54) is 0 Å². The molecule has 0 aliphatic carbocycles. The summed E-state index contributed by atoms with van der Waals surface area (Å²) < 4.78 is 20.6. The number of alkyl halides is 1. The Morgan fingerprint density at radius 2 is 2.00 bits per heavy atom. The average Bonchev–Trinajstić information content (AvgIpc) is 3.03. The van der Waals surface area contributed by atoms with Gasteiger partial charge in [0.15, 0.2) is 17.3 Å². The van der Waals surface area contributed by atoms with Crippen LogP contribution < -0.4 is 9.47 Å². The molecule has 7 heteroatoms. The molecule has 29 heavy (non-hydrogen) atoms. The second-order valence-corrected chi connectivity index (χ2v) is 9.04. The number of carbonyl (C=O) groups is 2. The number of methoxy groups -OCH3 is 2. The van der Waals surface area contributed by atoms with Crippen molar-refractivity contribution in [2.45, 2.75) is 43.9 Å². The largest absolute Gasteiger partial charge is 0.493 e. The van der Waals surface area contributed by atoms with Gasteiger partial charge in [-0.1, -0.05) is 29.8 Å². The zero-order chi connectivity index (χ0) is 21.4. The summed E-state index contributed by atoms with van der Waals surface area (Å²) in [5.74, 6) is 1.19. The van der Waals surface area contributed by atoms with Gasteiger partial charge in [-0.25, -0.2) is 0 Å². The molecule has 0 unspecified atom stereocenters. The standard InChI is InChI=1S/C22H31BrO6/c1-15(2)17(22(23)10-13-29-21(22)25)7-8-18(24)16-6-9-19(27-4)20(14-16)28-12-5-11-26-3/h6,9,14-15,17H,5,7-8,10-13H2,1-4H3/t17-,22+/m0/s1. The van der Waals surface area contributed by atoms with Crippen molar-refractivity contribution in [2.75, 3.05) is 34.0 Å². The second kappa shape index (κ2) is 11.0. The fourth-order valence-corrected chi connectivity index (χ4v) is 4.75. The maximum Gasteiger partial charge on any atom is 0.323 e.